The lowest BCUT2D eigenvalue weighted by Gasteiger charge is -2.34. The molecule has 0 bridgehead atoms. The molecule has 142 valence electrons. The Balaban J connectivity index is 1.79. The second-order valence-corrected chi connectivity index (χ2v) is 8.17. The van der Waals surface area contributed by atoms with Gasteiger partial charge in [0, 0.05) is 11.4 Å². The van der Waals surface area contributed by atoms with Crippen molar-refractivity contribution in [2.45, 2.75) is 46.0 Å². The second kappa shape index (κ2) is 7.01. The van der Waals surface area contributed by atoms with Gasteiger partial charge in [0.05, 0.1) is 12.3 Å². The highest BCUT2D eigenvalue weighted by molar-refractivity contribution is 5.84. The van der Waals surface area contributed by atoms with E-state index >= 15 is 0 Å². The molecule has 0 aliphatic carbocycles. The molecule has 0 unspecified atom stereocenters. The molecule has 28 heavy (non-hydrogen) atoms. The number of para-hydroxylation sites is 1. The summed E-state index contributed by atoms with van der Waals surface area (Å²) < 4.78 is 6.22. The summed E-state index contributed by atoms with van der Waals surface area (Å²) in [6, 6.07) is 20.4. The molecular weight excluding hydrogens is 342 g/mol. The summed E-state index contributed by atoms with van der Waals surface area (Å²) in [4.78, 5) is 2.45. The van der Waals surface area contributed by atoms with E-state index in [1.165, 1.54) is 51.3 Å². The van der Waals surface area contributed by atoms with Gasteiger partial charge in [-0.25, -0.2) is 0 Å². The SMILES string of the molecule is Cc1ccc2c(c1)CCCc1cc(C)ccc1N2c1cccc2c1OCCC2. The van der Waals surface area contributed by atoms with Crippen LogP contribution in [0.2, 0.25) is 0 Å². The molecule has 0 aromatic heterocycles. The molecule has 5 rings (SSSR count). The van der Waals surface area contributed by atoms with E-state index in [0.717, 1.165) is 38.0 Å². The number of nitrogens with zero attached hydrogens (tertiary/aromatic N) is 1. The zero-order valence-corrected chi connectivity index (χ0v) is 16.8. The number of ether oxygens (including phenoxy) is 1. The molecule has 0 spiro atoms. The topological polar surface area (TPSA) is 12.5 Å². The van der Waals surface area contributed by atoms with Crippen LogP contribution in [0.4, 0.5) is 17.1 Å². The van der Waals surface area contributed by atoms with Gasteiger partial charge in [-0.15, -0.1) is 0 Å². The summed E-state index contributed by atoms with van der Waals surface area (Å²) >= 11 is 0. The number of aryl methyl sites for hydroxylation is 5. The van der Waals surface area contributed by atoms with Gasteiger partial charge in [0.1, 0.15) is 5.75 Å². The number of hydrogen-bond acceptors (Lipinski definition) is 2. The first-order valence-corrected chi connectivity index (χ1v) is 10.4. The quantitative estimate of drug-likeness (QED) is 0.480. The highest BCUT2D eigenvalue weighted by Crippen LogP contribution is 2.46. The molecule has 2 nitrogen and oxygen atoms in total. The third-order valence-corrected chi connectivity index (χ3v) is 6.00. The van der Waals surface area contributed by atoms with E-state index in [1.807, 2.05) is 0 Å². The van der Waals surface area contributed by atoms with Crippen LogP contribution in [-0.2, 0) is 19.3 Å². The Kier molecular flexibility index (Phi) is 4.35. The molecule has 0 N–H and O–H groups in total. The molecule has 2 aliphatic heterocycles. The van der Waals surface area contributed by atoms with Gasteiger partial charge < -0.3 is 9.64 Å². The molecule has 2 heterocycles. The fraction of sp³-hybridized carbons (Fsp3) is 0.308. The molecule has 0 saturated heterocycles. The van der Waals surface area contributed by atoms with Crippen LogP contribution in [0.25, 0.3) is 0 Å². The lowest BCUT2D eigenvalue weighted by Crippen LogP contribution is -2.19. The first-order valence-electron chi connectivity index (χ1n) is 10.4. The van der Waals surface area contributed by atoms with Crippen molar-refractivity contribution in [3.8, 4) is 5.75 Å². The Hall–Kier alpha value is -2.74. The van der Waals surface area contributed by atoms with Crippen LogP contribution in [0, 0.1) is 13.8 Å². The van der Waals surface area contributed by atoms with Crippen molar-refractivity contribution in [2.75, 3.05) is 11.5 Å². The monoisotopic (exact) mass is 369 g/mol. The Morgan fingerprint density at radius 1 is 0.679 bits per heavy atom. The lowest BCUT2D eigenvalue weighted by atomic mass is 9.94. The van der Waals surface area contributed by atoms with Crippen LogP contribution in [0.3, 0.4) is 0 Å². The minimum Gasteiger partial charge on any atom is -0.491 e. The molecule has 2 heteroatoms. The summed E-state index contributed by atoms with van der Waals surface area (Å²) in [7, 11) is 0. The Bertz CT molecular complexity index is 983. The Morgan fingerprint density at radius 2 is 1.32 bits per heavy atom. The van der Waals surface area contributed by atoms with E-state index in [1.54, 1.807) is 0 Å². The van der Waals surface area contributed by atoms with Gasteiger partial charge in [0.25, 0.3) is 0 Å². The number of rotatable bonds is 1. The molecule has 0 atom stereocenters. The minimum absolute atomic E-state index is 0.805. The van der Waals surface area contributed by atoms with Crippen LogP contribution < -0.4 is 9.64 Å². The van der Waals surface area contributed by atoms with Crippen molar-refractivity contribution in [3.05, 3.63) is 82.4 Å². The average Bonchev–Trinajstić information content (AvgIpc) is 2.70. The van der Waals surface area contributed by atoms with E-state index in [2.05, 4.69) is 73.3 Å². The first-order chi connectivity index (χ1) is 13.7. The minimum atomic E-state index is 0.805. The van der Waals surface area contributed by atoms with Crippen molar-refractivity contribution < 1.29 is 4.74 Å². The highest BCUT2D eigenvalue weighted by atomic mass is 16.5. The second-order valence-electron chi connectivity index (χ2n) is 8.17. The summed E-state index contributed by atoms with van der Waals surface area (Å²) in [6.45, 7) is 5.18. The van der Waals surface area contributed by atoms with Crippen molar-refractivity contribution in [2.24, 2.45) is 0 Å². The summed E-state index contributed by atoms with van der Waals surface area (Å²) in [5.41, 5.74) is 10.6. The van der Waals surface area contributed by atoms with Gasteiger partial charge in [0.15, 0.2) is 0 Å². The van der Waals surface area contributed by atoms with Crippen LogP contribution in [0.1, 0.15) is 40.7 Å². The van der Waals surface area contributed by atoms with Gasteiger partial charge in [-0.1, -0.05) is 47.5 Å². The third kappa shape index (κ3) is 2.97. The zero-order chi connectivity index (χ0) is 19.1. The van der Waals surface area contributed by atoms with Crippen LogP contribution in [-0.4, -0.2) is 6.61 Å². The van der Waals surface area contributed by atoms with E-state index in [4.69, 9.17) is 4.74 Å². The maximum Gasteiger partial charge on any atom is 0.146 e. The number of fused-ring (bicyclic) bond motifs is 3. The largest absolute Gasteiger partial charge is 0.491 e. The van der Waals surface area contributed by atoms with E-state index in [0.29, 0.717) is 0 Å². The predicted octanol–water partition coefficient (Wildman–Crippen LogP) is 6.59. The number of benzene rings is 3. The highest BCUT2D eigenvalue weighted by Gasteiger charge is 2.26. The van der Waals surface area contributed by atoms with Gasteiger partial charge >= 0.3 is 0 Å². The molecule has 3 aromatic carbocycles. The molecule has 0 saturated carbocycles. The molecule has 3 aromatic rings. The van der Waals surface area contributed by atoms with Crippen LogP contribution in [0.15, 0.2) is 54.6 Å². The number of anilines is 3. The normalized spacial score (nSPS) is 15.6. The van der Waals surface area contributed by atoms with Crippen molar-refractivity contribution in [1.29, 1.82) is 0 Å². The number of hydrogen-bond donors (Lipinski definition) is 0. The summed E-state index contributed by atoms with van der Waals surface area (Å²) in [5.74, 6) is 1.06. The first kappa shape index (κ1) is 17.4. The fourth-order valence-corrected chi connectivity index (χ4v) is 4.67. The summed E-state index contributed by atoms with van der Waals surface area (Å²) in [5, 5.41) is 0. The van der Waals surface area contributed by atoms with Crippen LogP contribution >= 0.6 is 0 Å². The average molecular weight is 370 g/mol. The lowest BCUT2D eigenvalue weighted by molar-refractivity contribution is 0.289. The smallest absolute Gasteiger partial charge is 0.146 e. The van der Waals surface area contributed by atoms with Crippen molar-refractivity contribution in [1.82, 2.24) is 0 Å². The standard InChI is InChI=1S/C26H27NO/c1-18-11-13-23-21(16-18)7-3-8-22-17-19(2)12-14-24(22)27(23)25-10-4-6-20-9-5-15-28-26(20)25/h4,6,10-14,16-17H,3,5,7-9,15H2,1-2H3. The van der Waals surface area contributed by atoms with E-state index in [9.17, 15) is 0 Å². The molecule has 0 fully saturated rings. The summed E-state index contributed by atoms with van der Waals surface area (Å²) in [6.07, 6.45) is 5.60. The van der Waals surface area contributed by atoms with Gasteiger partial charge in [-0.2, -0.15) is 0 Å². The third-order valence-electron chi connectivity index (χ3n) is 6.00. The maximum absolute atomic E-state index is 6.22. The van der Waals surface area contributed by atoms with Gasteiger partial charge in [-0.3, -0.25) is 0 Å². The predicted molar refractivity (Wildman–Crippen MR) is 116 cm³/mol. The van der Waals surface area contributed by atoms with Crippen molar-refractivity contribution >= 4 is 17.1 Å². The van der Waals surface area contributed by atoms with Gasteiger partial charge in [-0.05, 0) is 80.8 Å². The zero-order valence-electron chi connectivity index (χ0n) is 16.8. The molecular formula is C26H27NO. The van der Waals surface area contributed by atoms with Crippen LogP contribution in [0.5, 0.6) is 5.75 Å². The van der Waals surface area contributed by atoms with Crippen molar-refractivity contribution in [3.63, 3.8) is 0 Å². The Labute approximate surface area is 167 Å². The van der Waals surface area contributed by atoms with Gasteiger partial charge in [0.2, 0.25) is 0 Å². The Morgan fingerprint density at radius 3 is 2.00 bits per heavy atom. The fourth-order valence-electron chi connectivity index (χ4n) is 4.67. The van der Waals surface area contributed by atoms with E-state index < -0.39 is 0 Å². The molecule has 2 aliphatic rings. The molecule has 0 amide bonds. The molecule has 0 radical (unpaired) electrons. The maximum atomic E-state index is 6.22. The van der Waals surface area contributed by atoms with E-state index in [-0.39, 0.29) is 0 Å².